The fourth-order valence-electron chi connectivity index (χ4n) is 0.235. The molecule has 56 valence electrons. The summed E-state index contributed by atoms with van der Waals surface area (Å²) in [6.07, 6.45) is 3.60. The number of hydrogen-bond donors (Lipinski definition) is 1. The maximum absolute atomic E-state index is 3.69. The van der Waals surface area contributed by atoms with Crippen LogP contribution in [0.3, 0.4) is 0 Å². The smallest absolute Gasteiger partial charge is 1.00 e. The van der Waals surface area contributed by atoms with Crippen molar-refractivity contribution in [2.75, 3.05) is 0 Å². The first-order chi connectivity index (χ1) is 2.89. The van der Waals surface area contributed by atoms with E-state index in [9.17, 15) is 0 Å². The van der Waals surface area contributed by atoms with Crippen molar-refractivity contribution < 1.29 is 123 Å². The van der Waals surface area contributed by atoms with E-state index in [0.29, 0.717) is 0 Å². The van der Waals surface area contributed by atoms with Gasteiger partial charge in [-0.2, -0.15) is 5.10 Å². The molecule has 1 rings (SSSR count). The van der Waals surface area contributed by atoms with E-state index in [0.717, 1.165) is 3.57 Å². The van der Waals surface area contributed by atoms with Crippen molar-refractivity contribution in [1.82, 2.24) is 10.2 Å². The number of aromatic nitrogens is 2. The van der Waals surface area contributed by atoms with Gasteiger partial charge in [0.05, 0.1) is 9.77 Å². The molecular formula is C3H5I4KN2. The summed E-state index contributed by atoms with van der Waals surface area (Å²) in [4.78, 5) is 0. The number of aromatic amines is 1. The van der Waals surface area contributed by atoms with E-state index in [1.54, 1.807) is 6.20 Å². The number of nitrogens with one attached hydrogen (secondary N) is 1. The third-order valence-corrected chi connectivity index (χ3v) is 1.05. The third-order valence-electron chi connectivity index (χ3n) is 0.465. The Kier molecular flexibility index (Phi) is 35.9. The molecule has 0 aliphatic rings. The molecule has 0 fully saturated rings. The van der Waals surface area contributed by atoms with Crippen molar-refractivity contribution in [3.63, 3.8) is 0 Å². The van der Waals surface area contributed by atoms with E-state index in [1.807, 2.05) is 6.20 Å². The Hall–Kier alpha value is 3.77. The van der Waals surface area contributed by atoms with Crippen LogP contribution in [0.25, 0.3) is 0 Å². The molecule has 0 amide bonds. The molecular weight excluding hydrogens is 611 g/mol. The van der Waals surface area contributed by atoms with E-state index < -0.39 is 0 Å². The maximum Gasteiger partial charge on any atom is 1.00 e. The van der Waals surface area contributed by atoms with Crippen molar-refractivity contribution in [3.05, 3.63) is 16.0 Å². The number of nitrogens with zero attached hydrogens (tertiary/aromatic N) is 1. The number of hydrogen-bond acceptors (Lipinski definition) is 1. The largest absolute Gasteiger partial charge is 1.00 e. The van der Waals surface area contributed by atoms with Gasteiger partial charge >= 0.3 is 51.4 Å². The minimum Gasteiger partial charge on any atom is -1.00 e. The van der Waals surface area contributed by atoms with Crippen LogP contribution in [0.1, 0.15) is 0 Å². The second-order valence-electron chi connectivity index (χ2n) is 0.917. The van der Waals surface area contributed by atoms with Gasteiger partial charge in [-0.1, -0.05) is 0 Å². The average Bonchev–Trinajstić information content (AvgIpc) is 1.86. The molecule has 0 bridgehead atoms. The number of halogens is 4. The molecule has 0 unspecified atom stereocenters. The standard InChI is InChI=1S/C3H3IN2.H2I.2HI.K/c4-3-1-5-6-2-3;;;;/h1-2H,(H,5,6);1H2;2*1H;/q;+1;;;+1/p-2. The molecule has 1 aromatic rings. The van der Waals surface area contributed by atoms with E-state index in [-0.39, 0.29) is 123 Å². The third kappa shape index (κ3) is 11.8. The predicted octanol–water partition coefficient (Wildman–Crippen LogP) is -11.5. The van der Waals surface area contributed by atoms with E-state index >= 15 is 0 Å². The Morgan fingerprint density at radius 2 is 1.90 bits per heavy atom. The summed E-state index contributed by atoms with van der Waals surface area (Å²) in [5.74, 6) is 0. The van der Waals surface area contributed by atoms with Crippen LogP contribution < -0.4 is 123 Å². The molecule has 0 aromatic carbocycles. The van der Waals surface area contributed by atoms with Crippen LogP contribution in [0.4, 0.5) is 0 Å². The summed E-state index contributed by atoms with van der Waals surface area (Å²) in [5.41, 5.74) is 0. The molecule has 1 N–H and O–H groups in total. The van der Waals surface area contributed by atoms with Crippen LogP contribution in [0, 0.1) is 3.57 Å². The maximum atomic E-state index is 3.69. The fraction of sp³-hybridized carbons (Fsp3) is 0. The summed E-state index contributed by atoms with van der Waals surface area (Å²) < 4.78 is 1.15. The molecule has 0 spiro atoms. The van der Waals surface area contributed by atoms with Gasteiger partial charge in [-0.05, 0) is 22.6 Å². The van der Waals surface area contributed by atoms with Gasteiger partial charge in [0, 0.05) is 6.20 Å². The fourth-order valence-corrected chi connectivity index (χ4v) is 0.514. The van der Waals surface area contributed by atoms with E-state index in [1.165, 1.54) is 0 Å². The van der Waals surface area contributed by atoms with Gasteiger partial charge in [-0.15, -0.1) is 0 Å². The monoisotopic (exact) mass is 616 g/mol. The van der Waals surface area contributed by atoms with Crippen molar-refractivity contribution in [1.29, 1.82) is 0 Å². The van der Waals surface area contributed by atoms with Crippen molar-refractivity contribution >= 4 is 22.6 Å². The average molecular weight is 616 g/mol. The van der Waals surface area contributed by atoms with Crippen LogP contribution in [0.2, 0.25) is 0 Å². The van der Waals surface area contributed by atoms with Crippen LogP contribution in [-0.2, 0) is 0 Å². The predicted molar refractivity (Wildman–Crippen MR) is 34.1 cm³/mol. The van der Waals surface area contributed by atoms with E-state index in [4.69, 9.17) is 0 Å². The van der Waals surface area contributed by atoms with Gasteiger partial charge in [0.15, 0.2) is 0 Å². The SMILES string of the molecule is Ic1cn[nH]c1.[I-].[I-].[IH2+].[K+]. The Morgan fingerprint density at radius 1 is 1.40 bits per heavy atom. The molecule has 0 atom stereocenters. The molecule has 0 aliphatic heterocycles. The zero-order valence-electron chi connectivity index (χ0n) is 5.18. The van der Waals surface area contributed by atoms with Crippen molar-refractivity contribution in [2.45, 2.75) is 0 Å². The van der Waals surface area contributed by atoms with Crippen molar-refractivity contribution in [3.8, 4) is 0 Å². The summed E-state index contributed by atoms with van der Waals surface area (Å²) in [6.45, 7) is 0. The van der Waals surface area contributed by atoms with Crippen LogP contribution in [0.15, 0.2) is 12.4 Å². The second-order valence-corrected chi connectivity index (χ2v) is 2.16. The van der Waals surface area contributed by atoms with Gasteiger partial charge in [0.25, 0.3) is 0 Å². The Balaban J connectivity index is -0.0000000450. The van der Waals surface area contributed by atoms with Gasteiger partial charge in [0.1, 0.15) is 0 Å². The quantitative estimate of drug-likeness (QED) is 0.228. The zero-order chi connectivity index (χ0) is 4.41. The Morgan fingerprint density at radius 3 is 2.00 bits per heavy atom. The molecule has 0 radical (unpaired) electrons. The Labute approximate surface area is 167 Å². The first-order valence-corrected chi connectivity index (χ1v) is 2.62. The van der Waals surface area contributed by atoms with Crippen LogP contribution in [0.5, 0.6) is 0 Å². The summed E-state index contributed by atoms with van der Waals surface area (Å²) in [6, 6.07) is 0. The second kappa shape index (κ2) is 15.2. The minimum absolute atomic E-state index is 0. The first-order valence-electron chi connectivity index (χ1n) is 1.54. The van der Waals surface area contributed by atoms with Crippen molar-refractivity contribution in [2.24, 2.45) is 0 Å². The van der Waals surface area contributed by atoms with E-state index in [2.05, 4.69) is 32.8 Å². The molecule has 0 saturated heterocycles. The zero-order valence-corrected chi connectivity index (χ0v) is 17.3. The molecule has 0 aliphatic carbocycles. The first kappa shape index (κ1) is 23.5. The molecule has 1 aromatic heterocycles. The molecule has 10 heavy (non-hydrogen) atoms. The number of rotatable bonds is 0. The van der Waals surface area contributed by atoms with Crippen LogP contribution >= 0.6 is 22.6 Å². The van der Waals surface area contributed by atoms with Gasteiger partial charge in [0.2, 0.25) is 24.0 Å². The minimum atomic E-state index is 0. The van der Waals surface area contributed by atoms with Gasteiger partial charge < -0.3 is 48.0 Å². The molecule has 0 saturated carbocycles. The number of H-pyrrole nitrogens is 1. The van der Waals surface area contributed by atoms with Gasteiger partial charge in [-0.25, -0.2) is 0 Å². The summed E-state index contributed by atoms with van der Waals surface area (Å²) in [7, 11) is 0. The molecule has 2 nitrogen and oxygen atoms in total. The molecule has 7 heteroatoms. The summed E-state index contributed by atoms with van der Waals surface area (Å²) >= 11 is 2.18. The van der Waals surface area contributed by atoms with Gasteiger partial charge in [-0.3, -0.25) is 5.10 Å². The van der Waals surface area contributed by atoms with Crippen LogP contribution in [-0.4, -0.2) is 10.2 Å². The molecule has 1 heterocycles. The normalized spacial score (nSPS) is 5.30. The topological polar surface area (TPSA) is 28.7 Å². The summed E-state index contributed by atoms with van der Waals surface area (Å²) in [5, 5.41) is 6.36. The Bertz CT molecular complexity index is 122.